The molecule has 1 aromatic carbocycles. The minimum atomic E-state index is -0.109. The molecule has 0 aliphatic heterocycles. The van der Waals surface area contributed by atoms with Gasteiger partial charge in [-0.25, -0.2) is 4.98 Å². The smallest absolute Gasteiger partial charge is 0.245 e. The van der Waals surface area contributed by atoms with E-state index in [1.165, 1.54) is 0 Å². The third-order valence-corrected chi connectivity index (χ3v) is 3.57. The number of aryl methyl sites for hydroxylation is 1. The number of carbonyl (C=O) groups excluding carboxylic acids is 1. The maximum Gasteiger partial charge on any atom is 0.245 e. The first-order valence-electron chi connectivity index (χ1n) is 7.02. The van der Waals surface area contributed by atoms with Gasteiger partial charge < -0.3 is 14.6 Å². The summed E-state index contributed by atoms with van der Waals surface area (Å²) in [6.07, 6.45) is 3.55. The number of hydrogen-bond donors (Lipinski definition) is 1. The number of aromatic nitrogens is 2. The third-order valence-electron chi connectivity index (χ3n) is 3.57. The predicted molar refractivity (Wildman–Crippen MR) is 86.1 cm³/mol. The number of rotatable bonds is 4. The van der Waals surface area contributed by atoms with Crippen LogP contribution < -0.4 is 10.1 Å². The topological polar surface area (TPSA) is 56.1 Å². The minimum Gasteiger partial charge on any atom is -0.496 e. The number of carbonyl (C=O) groups is 1. The van der Waals surface area contributed by atoms with Gasteiger partial charge >= 0.3 is 0 Å². The van der Waals surface area contributed by atoms with Gasteiger partial charge in [0.05, 0.1) is 12.6 Å². The molecule has 112 valence electrons. The van der Waals surface area contributed by atoms with E-state index in [1.807, 2.05) is 54.1 Å². The molecule has 0 aliphatic rings. The molecule has 0 saturated heterocycles. The molecule has 1 N–H and O–H groups in total. The van der Waals surface area contributed by atoms with Crippen LogP contribution in [0.5, 0.6) is 5.75 Å². The van der Waals surface area contributed by atoms with Crippen LogP contribution in [0.1, 0.15) is 5.56 Å². The number of amides is 1. The predicted octanol–water partition coefficient (Wildman–Crippen LogP) is 2.99. The molecule has 3 rings (SSSR count). The zero-order valence-corrected chi connectivity index (χ0v) is 12.5. The molecule has 0 aliphatic carbocycles. The molecule has 2 heterocycles. The Hall–Kier alpha value is -2.82. The van der Waals surface area contributed by atoms with Crippen molar-refractivity contribution in [3.8, 4) is 5.75 Å². The SMILES string of the molecule is COc1cccc2c1ccn2CC(=O)Nc1ncccc1C. The highest BCUT2D eigenvalue weighted by Gasteiger charge is 2.10. The first kappa shape index (κ1) is 14.1. The standard InChI is InChI=1S/C17H17N3O2/c1-12-5-4-9-18-17(12)19-16(21)11-20-10-8-13-14(20)6-3-7-15(13)22-2/h3-10H,11H2,1-2H3,(H,18,19,21). The molecule has 0 fully saturated rings. The summed E-state index contributed by atoms with van der Waals surface area (Å²) >= 11 is 0. The Morgan fingerprint density at radius 1 is 1.27 bits per heavy atom. The molecular weight excluding hydrogens is 278 g/mol. The lowest BCUT2D eigenvalue weighted by atomic mass is 10.2. The largest absolute Gasteiger partial charge is 0.496 e. The highest BCUT2D eigenvalue weighted by Crippen LogP contribution is 2.26. The summed E-state index contributed by atoms with van der Waals surface area (Å²) in [4.78, 5) is 16.4. The van der Waals surface area contributed by atoms with E-state index in [4.69, 9.17) is 4.74 Å². The van der Waals surface area contributed by atoms with E-state index in [2.05, 4.69) is 10.3 Å². The number of fused-ring (bicyclic) bond motifs is 1. The molecule has 2 aromatic heterocycles. The highest BCUT2D eigenvalue weighted by atomic mass is 16.5. The number of ether oxygens (including phenoxy) is 1. The van der Waals surface area contributed by atoms with Crippen LogP contribution in [-0.4, -0.2) is 22.6 Å². The average molecular weight is 295 g/mol. The molecule has 3 aromatic rings. The van der Waals surface area contributed by atoms with E-state index in [-0.39, 0.29) is 12.5 Å². The molecule has 0 unspecified atom stereocenters. The fourth-order valence-corrected chi connectivity index (χ4v) is 2.45. The van der Waals surface area contributed by atoms with Gasteiger partial charge in [-0.2, -0.15) is 0 Å². The van der Waals surface area contributed by atoms with Gasteiger partial charge in [-0.15, -0.1) is 0 Å². The van der Waals surface area contributed by atoms with Gasteiger partial charge in [0.1, 0.15) is 18.1 Å². The maximum absolute atomic E-state index is 12.2. The van der Waals surface area contributed by atoms with Gasteiger partial charge in [0.25, 0.3) is 0 Å². The van der Waals surface area contributed by atoms with Crippen LogP contribution in [0.25, 0.3) is 10.9 Å². The molecular formula is C17H17N3O2. The Kier molecular flexibility index (Phi) is 3.78. The van der Waals surface area contributed by atoms with Crippen molar-refractivity contribution in [2.24, 2.45) is 0 Å². The van der Waals surface area contributed by atoms with E-state index >= 15 is 0 Å². The minimum absolute atomic E-state index is 0.109. The van der Waals surface area contributed by atoms with Crippen molar-refractivity contribution in [3.05, 3.63) is 54.4 Å². The van der Waals surface area contributed by atoms with Crippen LogP contribution in [0.15, 0.2) is 48.8 Å². The molecule has 0 saturated carbocycles. The van der Waals surface area contributed by atoms with Gasteiger partial charge in [-0.1, -0.05) is 12.1 Å². The summed E-state index contributed by atoms with van der Waals surface area (Å²) in [6.45, 7) is 2.14. The van der Waals surface area contributed by atoms with Crippen molar-refractivity contribution in [2.75, 3.05) is 12.4 Å². The molecule has 0 bridgehead atoms. The third kappa shape index (κ3) is 2.65. The van der Waals surface area contributed by atoms with Gasteiger partial charge in [0.2, 0.25) is 5.91 Å². The second-order valence-corrected chi connectivity index (χ2v) is 5.05. The van der Waals surface area contributed by atoms with Crippen LogP contribution in [0, 0.1) is 6.92 Å². The van der Waals surface area contributed by atoms with Crippen molar-refractivity contribution in [1.29, 1.82) is 0 Å². The number of hydrogen-bond acceptors (Lipinski definition) is 3. The molecule has 1 amide bonds. The van der Waals surface area contributed by atoms with Gasteiger partial charge in [0.15, 0.2) is 0 Å². The summed E-state index contributed by atoms with van der Waals surface area (Å²) in [5, 5.41) is 3.83. The summed E-state index contributed by atoms with van der Waals surface area (Å²) in [7, 11) is 1.64. The van der Waals surface area contributed by atoms with Gasteiger partial charge in [-0.3, -0.25) is 4.79 Å². The number of nitrogens with zero attached hydrogens (tertiary/aromatic N) is 2. The van der Waals surface area contributed by atoms with Crippen LogP contribution in [0.4, 0.5) is 5.82 Å². The van der Waals surface area contributed by atoms with Crippen LogP contribution in [0.2, 0.25) is 0 Å². The lowest BCUT2D eigenvalue weighted by Crippen LogP contribution is -2.19. The second kappa shape index (κ2) is 5.89. The highest BCUT2D eigenvalue weighted by molar-refractivity contribution is 5.92. The summed E-state index contributed by atoms with van der Waals surface area (Å²) in [5.74, 6) is 1.29. The molecule has 0 atom stereocenters. The van der Waals surface area contributed by atoms with Crippen molar-refractivity contribution >= 4 is 22.6 Å². The molecule has 5 heteroatoms. The number of anilines is 1. The quantitative estimate of drug-likeness (QED) is 0.805. The van der Waals surface area contributed by atoms with Gasteiger partial charge in [-0.05, 0) is 36.8 Å². The van der Waals surface area contributed by atoms with Crippen LogP contribution >= 0.6 is 0 Å². The van der Waals surface area contributed by atoms with E-state index in [1.54, 1.807) is 13.3 Å². The van der Waals surface area contributed by atoms with Crippen molar-refractivity contribution < 1.29 is 9.53 Å². The number of methoxy groups -OCH3 is 1. The monoisotopic (exact) mass is 295 g/mol. The van der Waals surface area contributed by atoms with Crippen LogP contribution in [-0.2, 0) is 11.3 Å². The number of nitrogens with one attached hydrogen (secondary N) is 1. The molecule has 0 spiro atoms. The van der Waals surface area contributed by atoms with Gasteiger partial charge in [0, 0.05) is 17.8 Å². The van der Waals surface area contributed by atoms with Crippen molar-refractivity contribution in [1.82, 2.24) is 9.55 Å². The molecule has 0 radical (unpaired) electrons. The summed E-state index contributed by atoms with van der Waals surface area (Å²) in [6, 6.07) is 11.5. The Balaban J connectivity index is 1.82. The zero-order chi connectivity index (χ0) is 15.5. The fourth-order valence-electron chi connectivity index (χ4n) is 2.45. The lowest BCUT2D eigenvalue weighted by molar-refractivity contribution is -0.116. The number of pyridine rings is 1. The fraction of sp³-hybridized carbons (Fsp3) is 0.176. The van der Waals surface area contributed by atoms with Crippen molar-refractivity contribution in [2.45, 2.75) is 13.5 Å². The van der Waals surface area contributed by atoms with Crippen LogP contribution in [0.3, 0.4) is 0 Å². The van der Waals surface area contributed by atoms with E-state index in [0.717, 1.165) is 22.2 Å². The first-order valence-corrected chi connectivity index (χ1v) is 7.02. The normalized spacial score (nSPS) is 10.6. The second-order valence-electron chi connectivity index (χ2n) is 5.05. The Bertz CT molecular complexity index is 824. The Morgan fingerprint density at radius 2 is 2.14 bits per heavy atom. The summed E-state index contributed by atoms with van der Waals surface area (Å²) < 4.78 is 7.23. The number of benzene rings is 1. The Labute approximate surface area is 128 Å². The van der Waals surface area contributed by atoms with E-state index in [9.17, 15) is 4.79 Å². The van der Waals surface area contributed by atoms with E-state index in [0.29, 0.717) is 5.82 Å². The van der Waals surface area contributed by atoms with E-state index < -0.39 is 0 Å². The average Bonchev–Trinajstić information content (AvgIpc) is 2.92. The van der Waals surface area contributed by atoms with Crippen molar-refractivity contribution in [3.63, 3.8) is 0 Å². The lowest BCUT2D eigenvalue weighted by Gasteiger charge is -2.09. The Morgan fingerprint density at radius 3 is 2.91 bits per heavy atom. The maximum atomic E-state index is 12.2. The first-order chi connectivity index (χ1) is 10.7. The zero-order valence-electron chi connectivity index (χ0n) is 12.5. The summed E-state index contributed by atoms with van der Waals surface area (Å²) in [5.41, 5.74) is 1.90. The molecule has 22 heavy (non-hydrogen) atoms. The molecule has 5 nitrogen and oxygen atoms in total.